The molecular weight excluding hydrogens is 294 g/mol. The largest absolute Gasteiger partial charge is 0.261 e. The van der Waals surface area contributed by atoms with Gasteiger partial charge in [0.2, 0.25) is 5.69 Å². The molecule has 4 rings (SSSR count). The fraction of sp³-hybridized carbons (Fsp3) is 0.0952. The molecular formula is C21H18N3+. The maximum atomic E-state index is 4.47. The summed E-state index contributed by atoms with van der Waals surface area (Å²) in [4.78, 5) is 8.68. The Morgan fingerprint density at radius 3 is 2.54 bits per heavy atom. The van der Waals surface area contributed by atoms with Gasteiger partial charge in [-0.1, -0.05) is 30.3 Å². The second kappa shape index (κ2) is 5.85. The van der Waals surface area contributed by atoms with Crippen molar-refractivity contribution in [3.8, 4) is 22.5 Å². The molecule has 0 aliphatic heterocycles. The van der Waals surface area contributed by atoms with E-state index in [0.29, 0.717) is 0 Å². The van der Waals surface area contributed by atoms with E-state index in [9.17, 15) is 0 Å². The number of benzene rings is 2. The molecule has 0 aliphatic carbocycles. The Morgan fingerprint density at radius 1 is 0.917 bits per heavy atom. The van der Waals surface area contributed by atoms with Gasteiger partial charge < -0.3 is 0 Å². The first-order valence-corrected chi connectivity index (χ1v) is 7.99. The Hall–Kier alpha value is -3.07. The summed E-state index contributed by atoms with van der Waals surface area (Å²) in [5.74, 6) is 0. The summed E-state index contributed by atoms with van der Waals surface area (Å²) in [5, 5.41) is 2.38. The van der Waals surface area contributed by atoms with Gasteiger partial charge in [0, 0.05) is 40.4 Å². The van der Waals surface area contributed by atoms with Gasteiger partial charge >= 0.3 is 0 Å². The minimum absolute atomic E-state index is 0.896. The van der Waals surface area contributed by atoms with Crippen molar-refractivity contribution in [1.82, 2.24) is 9.97 Å². The summed E-state index contributed by atoms with van der Waals surface area (Å²) in [6, 6.07) is 17.0. The highest BCUT2D eigenvalue weighted by Crippen LogP contribution is 2.29. The maximum absolute atomic E-state index is 4.47. The maximum Gasteiger partial charge on any atom is 0.213 e. The molecule has 0 amide bonds. The monoisotopic (exact) mass is 312 g/mol. The van der Waals surface area contributed by atoms with Gasteiger partial charge in [-0.3, -0.25) is 9.97 Å². The first kappa shape index (κ1) is 14.5. The number of hydrogen-bond donors (Lipinski definition) is 0. The van der Waals surface area contributed by atoms with Crippen LogP contribution in [-0.2, 0) is 7.05 Å². The Kier molecular flexibility index (Phi) is 3.54. The van der Waals surface area contributed by atoms with Crippen LogP contribution in [0.2, 0.25) is 0 Å². The van der Waals surface area contributed by atoms with Gasteiger partial charge in [-0.15, -0.1) is 0 Å². The minimum Gasteiger partial charge on any atom is -0.261 e. The van der Waals surface area contributed by atoms with Crippen molar-refractivity contribution >= 4 is 10.8 Å². The molecule has 2 heterocycles. The van der Waals surface area contributed by atoms with Crippen molar-refractivity contribution in [3.05, 3.63) is 78.9 Å². The molecule has 0 N–H and O–H groups in total. The van der Waals surface area contributed by atoms with E-state index in [1.54, 1.807) is 12.4 Å². The lowest BCUT2D eigenvalue weighted by Crippen LogP contribution is -2.30. The quantitative estimate of drug-likeness (QED) is 0.522. The molecule has 3 heteroatoms. The summed E-state index contributed by atoms with van der Waals surface area (Å²) in [7, 11) is 2.09. The fourth-order valence-electron chi connectivity index (χ4n) is 3.16. The van der Waals surface area contributed by atoms with Gasteiger partial charge in [-0.25, -0.2) is 4.57 Å². The number of rotatable bonds is 2. The highest BCUT2D eigenvalue weighted by Gasteiger charge is 2.16. The molecule has 0 atom stereocenters. The first-order valence-electron chi connectivity index (χ1n) is 7.99. The molecule has 0 saturated heterocycles. The van der Waals surface area contributed by atoms with Gasteiger partial charge in [0.05, 0.1) is 11.9 Å². The van der Waals surface area contributed by atoms with Crippen molar-refractivity contribution in [3.63, 3.8) is 0 Å². The Morgan fingerprint density at radius 2 is 1.75 bits per heavy atom. The second-order valence-corrected chi connectivity index (χ2v) is 5.98. The van der Waals surface area contributed by atoms with Crippen molar-refractivity contribution < 1.29 is 4.57 Å². The highest BCUT2D eigenvalue weighted by atomic mass is 14.9. The van der Waals surface area contributed by atoms with E-state index >= 15 is 0 Å². The van der Waals surface area contributed by atoms with Crippen molar-refractivity contribution in [1.29, 1.82) is 0 Å². The van der Waals surface area contributed by atoms with Crippen LogP contribution >= 0.6 is 0 Å². The Balaban J connectivity index is 2.02. The predicted octanol–water partition coefficient (Wildman–Crippen LogP) is 4.10. The molecule has 0 saturated carbocycles. The summed E-state index contributed by atoms with van der Waals surface area (Å²) < 4.78 is 2.19. The molecule has 4 aromatic rings. The number of hydrogen-bond acceptors (Lipinski definition) is 2. The van der Waals surface area contributed by atoms with Crippen LogP contribution in [0.5, 0.6) is 0 Å². The fourth-order valence-corrected chi connectivity index (χ4v) is 3.16. The van der Waals surface area contributed by atoms with Crippen LogP contribution in [0.1, 0.15) is 5.56 Å². The van der Waals surface area contributed by atoms with E-state index in [1.165, 1.54) is 27.6 Å². The number of aryl methyl sites for hydroxylation is 2. The lowest BCUT2D eigenvalue weighted by molar-refractivity contribution is -0.659. The van der Waals surface area contributed by atoms with E-state index in [4.69, 9.17) is 0 Å². The average Bonchev–Trinajstić information content (AvgIpc) is 2.62. The lowest BCUT2D eigenvalue weighted by atomic mass is 9.99. The summed E-state index contributed by atoms with van der Waals surface area (Å²) in [6.45, 7) is 2.15. The van der Waals surface area contributed by atoms with Gasteiger partial charge in [0.1, 0.15) is 7.05 Å². The van der Waals surface area contributed by atoms with Crippen LogP contribution in [0.25, 0.3) is 33.3 Å². The number of pyridine rings is 1. The molecule has 2 aromatic carbocycles. The smallest absolute Gasteiger partial charge is 0.213 e. The molecule has 0 fully saturated rings. The molecule has 0 spiro atoms. The van der Waals surface area contributed by atoms with Gasteiger partial charge in [-0.05, 0) is 24.6 Å². The van der Waals surface area contributed by atoms with E-state index in [0.717, 1.165) is 11.3 Å². The van der Waals surface area contributed by atoms with Crippen LogP contribution in [0.4, 0.5) is 0 Å². The molecule has 0 unspecified atom stereocenters. The third-order valence-corrected chi connectivity index (χ3v) is 4.39. The molecule has 24 heavy (non-hydrogen) atoms. The van der Waals surface area contributed by atoms with Crippen LogP contribution in [0.15, 0.2) is 73.3 Å². The van der Waals surface area contributed by atoms with Gasteiger partial charge in [0.15, 0.2) is 6.20 Å². The predicted molar refractivity (Wildman–Crippen MR) is 96.3 cm³/mol. The zero-order valence-corrected chi connectivity index (χ0v) is 13.8. The molecule has 0 radical (unpaired) electrons. The SMILES string of the molecule is Cc1ccccc1-c1cc2c(-c3cnccn3)cccc2c[n+]1C. The zero-order chi connectivity index (χ0) is 16.5. The minimum atomic E-state index is 0.896. The van der Waals surface area contributed by atoms with E-state index in [-0.39, 0.29) is 0 Å². The van der Waals surface area contributed by atoms with Crippen LogP contribution in [0, 0.1) is 6.92 Å². The van der Waals surface area contributed by atoms with Gasteiger partial charge in [-0.2, -0.15) is 0 Å². The number of aromatic nitrogens is 3. The third-order valence-electron chi connectivity index (χ3n) is 4.39. The molecule has 0 aliphatic rings. The average molecular weight is 312 g/mol. The van der Waals surface area contributed by atoms with E-state index < -0.39 is 0 Å². The van der Waals surface area contributed by atoms with E-state index in [1.807, 2.05) is 6.20 Å². The van der Waals surface area contributed by atoms with E-state index in [2.05, 4.69) is 83.2 Å². The first-order chi connectivity index (χ1) is 11.7. The van der Waals surface area contributed by atoms with Crippen molar-refractivity contribution in [2.45, 2.75) is 6.92 Å². The molecule has 116 valence electrons. The van der Waals surface area contributed by atoms with Crippen LogP contribution < -0.4 is 4.57 Å². The van der Waals surface area contributed by atoms with Crippen molar-refractivity contribution in [2.75, 3.05) is 0 Å². The summed E-state index contributed by atoms with van der Waals surface area (Å²) >= 11 is 0. The summed E-state index contributed by atoms with van der Waals surface area (Å²) in [5.41, 5.74) is 5.71. The Labute approximate surface area is 141 Å². The zero-order valence-electron chi connectivity index (χ0n) is 13.8. The van der Waals surface area contributed by atoms with Crippen molar-refractivity contribution in [2.24, 2.45) is 7.05 Å². The third kappa shape index (κ3) is 2.44. The van der Waals surface area contributed by atoms with Crippen LogP contribution in [0.3, 0.4) is 0 Å². The topological polar surface area (TPSA) is 29.7 Å². The molecule has 0 bridgehead atoms. The molecule has 3 nitrogen and oxygen atoms in total. The highest BCUT2D eigenvalue weighted by molar-refractivity contribution is 5.96. The number of nitrogens with zero attached hydrogens (tertiary/aromatic N) is 3. The van der Waals surface area contributed by atoms with Crippen LogP contribution in [-0.4, -0.2) is 9.97 Å². The Bertz CT molecular complexity index is 1020. The standard InChI is InChI=1S/C21H18N3/c1-15-6-3-4-8-17(15)21-12-19-16(14-24(21)2)7-5-9-18(19)20-13-22-10-11-23-20/h3-14H,1-2H3/q+1. The second-order valence-electron chi connectivity index (χ2n) is 5.98. The van der Waals surface area contributed by atoms with Gasteiger partial charge in [0.25, 0.3) is 0 Å². The summed E-state index contributed by atoms with van der Waals surface area (Å²) in [6.07, 6.45) is 7.43. The molecule has 2 aromatic heterocycles. The lowest BCUT2D eigenvalue weighted by Gasteiger charge is -2.09. The number of fused-ring (bicyclic) bond motifs is 1. The normalized spacial score (nSPS) is 10.9.